The fourth-order valence-electron chi connectivity index (χ4n) is 2.35. The Bertz CT molecular complexity index is 512. The molecule has 2 N–H and O–H groups in total. The Labute approximate surface area is 125 Å². The number of fused-ring (bicyclic) bond motifs is 1. The summed E-state index contributed by atoms with van der Waals surface area (Å²) < 4.78 is 5.70. The summed E-state index contributed by atoms with van der Waals surface area (Å²) in [5.41, 5.74) is 7.82. The number of benzene rings is 1. The van der Waals surface area contributed by atoms with E-state index in [1.807, 2.05) is 0 Å². The number of aryl methyl sites for hydroxylation is 1. The van der Waals surface area contributed by atoms with Gasteiger partial charge in [-0.15, -0.1) is 0 Å². The second-order valence-corrected chi connectivity index (χ2v) is 5.73. The molecule has 3 nitrogen and oxygen atoms in total. The van der Waals surface area contributed by atoms with Crippen LogP contribution in [0.5, 0.6) is 0 Å². The molecule has 1 aromatic carbocycles. The standard InChI is InChI=1S/C16H23ClN2O/c1-2-3-4-5-6-7-8-9-16-19-14-10-12(17)13(18)11-15(14)20-16/h10-11H,2-9,18H2,1H3. The first-order chi connectivity index (χ1) is 9.70. The Morgan fingerprint density at radius 3 is 2.55 bits per heavy atom. The highest BCUT2D eigenvalue weighted by molar-refractivity contribution is 6.33. The minimum absolute atomic E-state index is 0.535. The second-order valence-electron chi connectivity index (χ2n) is 5.32. The fraction of sp³-hybridized carbons (Fsp3) is 0.562. The summed E-state index contributed by atoms with van der Waals surface area (Å²) in [6, 6.07) is 3.52. The first kappa shape index (κ1) is 15.2. The van der Waals surface area contributed by atoms with Gasteiger partial charge in [0.25, 0.3) is 0 Å². The van der Waals surface area contributed by atoms with E-state index in [1.54, 1.807) is 12.1 Å². The van der Waals surface area contributed by atoms with Crippen molar-refractivity contribution in [3.8, 4) is 0 Å². The molecule has 0 spiro atoms. The SMILES string of the molecule is CCCCCCCCCc1nc2cc(Cl)c(N)cc2o1. The van der Waals surface area contributed by atoms with E-state index in [-0.39, 0.29) is 0 Å². The highest BCUT2D eigenvalue weighted by atomic mass is 35.5. The summed E-state index contributed by atoms with van der Waals surface area (Å²) >= 11 is 5.98. The van der Waals surface area contributed by atoms with Crippen LogP contribution in [-0.2, 0) is 6.42 Å². The molecule has 0 saturated carbocycles. The quantitative estimate of drug-likeness (QED) is 0.527. The number of anilines is 1. The zero-order chi connectivity index (χ0) is 14.4. The zero-order valence-electron chi connectivity index (χ0n) is 12.1. The summed E-state index contributed by atoms with van der Waals surface area (Å²) in [7, 11) is 0. The van der Waals surface area contributed by atoms with Crippen molar-refractivity contribution in [1.82, 2.24) is 4.98 Å². The average molecular weight is 295 g/mol. The van der Waals surface area contributed by atoms with Crippen molar-refractivity contribution in [1.29, 1.82) is 0 Å². The van der Waals surface area contributed by atoms with Crippen molar-refractivity contribution < 1.29 is 4.42 Å². The van der Waals surface area contributed by atoms with Crippen molar-refractivity contribution in [3.05, 3.63) is 23.0 Å². The number of oxazole rings is 1. The van der Waals surface area contributed by atoms with Gasteiger partial charge in [-0.1, -0.05) is 57.0 Å². The number of halogens is 1. The molecular weight excluding hydrogens is 272 g/mol. The minimum Gasteiger partial charge on any atom is -0.441 e. The molecule has 1 aromatic heterocycles. The highest BCUT2D eigenvalue weighted by Gasteiger charge is 2.08. The van der Waals surface area contributed by atoms with Gasteiger partial charge in [0.1, 0.15) is 5.52 Å². The van der Waals surface area contributed by atoms with Crippen LogP contribution in [0, 0.1) is 0 Å². The molecule has 0 amide bonds. The van der Waals surface area contributed by atoms with Crippen molar-refractivity contribution in [2.45, 2.75) is 58.3 Å². The summed E-state index contributed by atoms with van der Waals surface area (Å²) in [6.07, 6.45) is 9.92. The zero-order valence-corrected chi connectivity index (χ0v) is 12.9. The van der Waals surface area contributed by atoms with E-state index in [1.165, 1.54) is 38.5 Å². The highest BCUT2D eigenvalue weighted by Crippen LogP contribution is 2.26. The minimum atomic E-state index is 0.535. The van der Waals surface area contributed by atoms with E-state index in [4.69, 9.17) is 21.8 Å². The molecule has 0 bridgehead atoms. The van der Waals surface area contributed by atoms with Crippen LogP contribution in [0.3, 0.4) is 0 Å². The molecule has 20 heavy (non-hydrogen) atoms. The van der Waals surface area contributed by atoms with Crippen molar-refractivity contribution in [2.24, 2.45) is 0 Å². The first-order valence-electron chi connectivity index (χ1n) is 7.55. The number of nitrogens with zero attached hydrogens (tertiary/aromatic N) is 1. The molecular formula is C16H23ClN2O. The van der Waals surface area contributed by atoms with Gasteiger partial charge in [-0.2, -0.15) is 0 Å². The monoisotopic (exact) mass is 294 g/mol. The molecule has 0 unspecified atom stereocenters. The van der Waals surface area contributed by atoms with Gasteiger partial charge in [0.2, 0.25) is 0 Å². The molecule has 2 aromatic rings. The Morgan fingerprint density at radius 1 is 1.10 bits per heavy atom. The maximum Gasteiger partial charge on any atom is 0.195 e. The Morgan fingerprint density at radius 2 is 1.80 bits per heavy atom. The Kier molecular flexibility index (Phi) is 5.72. The summed E-state index contributed by atoms with van der Waals surface area (Å²) in [5, 5.41) is 0.535. The van der Waals surface area contributed by atoms with Crippen LogP contribution < -0.4 is 5.73 Å². The molecule has 0 aliphatic rings. The third-order valence-electron chi connectivity index (χ3n) is 3.55. The predicted molar refractivity (Wildman–Crippen MR) is 85.1 cm³/mol. The number of nitrogens with two attached hydrogens (primary N) is 1. The number of hydrogen-bond acceptors (Lipinski definition) is 3. The maximum absolute atomic E-state index is 5.98. The number of nitrogen functional groups attached to an aromatic ring is 1. The smallest absolute Gasteiger partial charge is 0.195 e. The van der Waals surface area contributed by atoms with E-state index in [9.17, 15) is 0 Å². The van der Waals surface area contributed by atoms with E-state index in [2.05, 4.69) is 11.9 Å². The Hall–Kier alpha value is -1.22. The second kappa shape index (κ2) is 7.53. The van der Waals surface area contributed by atoms with Crippen LogP contribution in [0.15, 0.2) is 16.5 Å². The summed E-state index contributed by atoms with van der Waals surface area (Å²) in [5.74, 6) is 0.787. The van der Waals surface area contributed by atoms with Gasteiger partial charge in [-0.05, 0) is 12.5 Å². The normalized spacial score (nSPS) is 11.3. The van der Waals surface area contributed by atoms with Crippen molar-refractivity contribution in [3.63, 3.8) is 0 Å². The largest absolute Gasteiger partial charge is 0.441 e. The van der Waals surface area contributed by atoms with Gasteiger partial charge in [-0.25, -0.2) is 4.98 Å². The average Bonchev–Trinajstić information content (AvgIpc) is 2.80. The van der Waals surface area contributed by atoms with Crippen LogP contribution in [0.1, 0.15) is 57.8 Å². The van der Waals surface area contributed by atoms with Crippen LogP contribution in [0.25, 0.3) is 11.1 Å². The van der Waals surface area contributed by atoms with Gasteiger partial charge in [0.15, 0.2) is 11.5 Å². The Balaban J connectivity index is 1.79. The molecule has 0 atom stereocenters. The molecule has 0 aliphatic heterocycles. The third kappa shape index (κ3) is 4.14. The molecule has 4 heteroatoms. The predicted octanol–water partition coefficient (Wildman–Crippen LogP) is 5.36. The number of unbranched alkanes of at least 4 members (excludes halogenated alkanes) is 6. The van der Waals surface area contributed by atoms with Crippen LogP contribution in [0.4, 0.5) is 5.69 Å². The van der Waals surface area contributed by atoms with E-state index < -0.39 is 0 Å². The third-order valence-corrected chi connectivity index (χ3v) is 3.87. The van der Waals surface area contributed by atoms with E-state index >= 15 is 0 Å². The fourth-order valence-corrected chi connectivity index (χ4v) is 2.51. The topological polar surface area (TPSA) is 52.0 Å². The molecule has 2 rings (SSSR count). The van der Waals surface area contributed by atoms with Gasteiger partial charge in [-0.3, -0.25) is 0 Å². The first-order valence-corrected chi connectivity index (χ1v) is 7.93. The van der Waals surface area contributed by atoms with E-state index in [0.29, 0.717) is 10.7 Å². The lowest BCUT2D eigenvalue weighted by Gasteiger charge is -1.99. The van der Waals surface area contributed by atoms with Gasteiger partial charge in [0, 0.05) is 12.5 Å². The van der Waals surface area contributed by atoms with Crippen molar-refractivity contribution in [2.75, 3.05) is 5.73 Å². The lowest BCUT2D eigenvalue weighted by molar-refractivity contribution is 0.504. The maximum atomic E-state index is 5.98. The molecule has 0 fully saturated rings. The van der Waals surface area contributed by atoms with Gasteiger partial charge >= 0.3 is 0 Å². The molecule has 1 heterocycles. The number of rotatable bonds is 8. The van der Waals surface area contributed by atoms with Crippen LogP contribution in [-0.4, -0.2) is 4.98 Å². The number of hydrogen-bond donors (Lipinski definition) is 1. The van der Waals surface area contributed by atoms with Gasteiger partial charge in [0.05, 0.1) is 10.7 Å². The molecule has 0 radical (unpaired) electrons. The van der Waals surface area contributed by atoms with Crippen LogP contribution in [0.2, 0.25) is 5.02 Å². The number of aromatic nitrogens is 1. The molecule has 0 saturated heterocycles. The lowest BCUT2D eigenvalue weighted by atomic mass is 10.1. The molecule has 110 valence electrons. The van der Waals surface area contributed by atoms with Crippen molar-refractivity contribution >= 4 is 28.4 Å². The lowest BCUT2D eigenvalue weighted by Crippen LogP contribution is -1.86. The summed E-state index contributed by atoms with van der Waals surface area (Å²) in [6.45, 7) is 2.24. The van der Waals surface area contributed by atoms with Gasteiger partial charge < -0.3 is 10.2 Å². The van der Waals surface area contributed by atoms with E-state index in [0.717, 1.165) is 29.8 Å². The summed E-state index contributed by atoms with van der Waals surface area (Å²) in [4.78, 5) is 4.46. The van der Waals surface area contributed by atoms with Crippen LogP contribution >= 0.6 is 11.6 Å². The molecule has 0 aliphatic carbocycles.